The monoisotopic (exact) mass is 488 g/mol. The highest BCUT2D eigenvalue weighted by Crippen LogP contribution is 2.37. The average Bonchev–Trinajstić information content (AvgIpc) is 2.65. The maximum Gasteiger partial charge on any atom is 0.254 e. The molecule has 2 aromatic carbocycles. The summed E-state index contributed by atoms with van der Waals surface area (Å²) in [5, 5.41) is 3.40. The van der Waals surface area contributed by atoms with Gasteiger partial charge in [0, 0.05) is 18.3 Å². The molecule has 0 saturated carbocycles. The molecular weight excluding hydrogens is 471 g/mol. The fraction of sp³-hybridized carbons (Fsp3) is 0.263. The number of hydrogen-bond donors (Lipinski definition) is 1. The van der Waals surface area contributed by atoms with Crippen LogP contribution < -0.4 is 14.8 Å². The van der Waals surface area contributed by atoms with Crippen LogP contribution in [0.15, 0.2) is 34.8 Å². The van der Waals surface area contributed by atoms with Gasteiger partial charge in [-0.3, -0.25) is 9.59 Å². The summed E-state index contributed by atoms with van der Waals surface area (Å²) in [5.74, 6) is 0.229. The van der Waals surface area contributed by atoms with Crippen molar-refractivity contribution in [3.63, 3.8) is 0 Å². The van der Waals surface area contributed by atoms with Crippen molar-refractivity contribution in [3.8, 4) is 11.5 Å². The minimum absolute atomic E-state index is 0.147. The number of carbonyl (C=O) groups excluding carboxylic acids is 2. The van der Waals surface area contributed by atoms with Crippen molar-refractivity contribution in [1.29, 1.82) is 0 Å². The van der Waals surface area contributed by atoms with Gasteiger partial charge in [-0.1, -0.05) is 23.2 Å². The lowest BCUT2D eigenvalue weighted by Crippen LogP contribution is -2.35. The molecule has 2 aromatic rings. The van der Waals surface area contributed by atoms with Crippen LogP contribution in [0.5, 0.6) is 11.5 Å². The first-order valence-electron chi connectivity index (χ1n) is 8.27. The SMILES string of the molecule is CCOc1c(Br)cc(C(=O)N(C)CC(=O)Nc2ccc(Cl)c(Cl)c2)cc1OC. The van der Waals surface area contributed by atoms with Gasteiger partial charge in [0.2, 0.25) is 5.91 Å². The normalized spacial score (nSPS) is 10.4. The Morgan fingerprint density at radius 3 is 2.50 bits per heavy atom. The molecule has 2 rings (SSSR count). The summed E-state index contributed by atoms with van der Waals surface area (Å²) in [6.45, 7) is 2.16. The van der Waals surface area contributed by atoms with Gasteiger partial charge in [0.25, 0.3) is 5.91 Å². The summed E-state index contributed by atoms with van der Waals surface area (Å²) in [7, 11) is 3.03. The average molecular weight is 490 g/mol. The van der Waals surface area contributed by atoms with Crippen LogP contribution in [0.3, 0.4) is 0 Å². The number of hydrogen-bond acceptors (Lipinski definition) is 4. The zero-order valence-electron chi connectivity index (χ0n) is 15.5. The number of nitrogens with zero attached hydrogens (tertiary/aromatic N) is 1. The third-order valence-electron chi connectivity index (χ3n) is 3.70. The number of likely N-dealkylation sites (N-methyl/N-ethyl adjacent to an activating group) is 1. The zero-order valence-corrected chi connectivity index (χ0v) is 18.6. The largest absolute Gasteiger partial charge is 0.493 e. The van der Waals surface area contributed by atoms with Crippen LogP contribution >= 0.6 is 39.1 Å². The molecule has 0 bridgehead atoms. The second kappa shape index (κ2) is 10.0. The molecule has 0 aromatic heterocycles. The third-order valence-corrected chi connectivity index (χ3v) is 5.02. The molecular formula is C19H19BrCl2N2O4. The van der Waals surface area contributed by atoms with Crippen molar-refractivity contribution in [2.45, 2.75) is 6.92 Å². The predicted molar refractivity (Wildman–Crippen MR) is 114 cm³/mol. The Kier molecular flexibility index (Phi) is 7.98. The van der Waals surface area contributed by atoms with E-state index in [2.05, 4.69) is 21.2 Å². The number of nitrogens with one attached hydrogen (secondary N) is 1. The van der Waals surface area contributed by atoms with Crippen molar-refractivity contribution < 1.29 is 19.1 Å². The smallest absolute Gasteiger partial charge is 0.254 e. The standard InChI is InChI=1S/C19H19BrCl2N2O4/c1-4-28-18-13(20)7-11(8-16(18)27-3)19(26)24(2)10-17(25)23-12-5-6-14(21)15(22)9-12/h5-9H,4,10H2,1-3H3,(H,23,25). The van der Waals surface area contributed by atoms with Crippen LogP contribution in [0.25, 0.3) is 0 Å². The molecule has 0 aliphatic carbocycles. The third kappa shape index (κ3) is 5.53. The van der Waals surface area contributed by atoms with E-state index in [0.29, 0.717) is 43.9 Å². The van der Waals surface area contributed by atoms with Gasteiger partial charge in [0.1, 0.15) is 0 Å². The highest BCUT2D eigenvalue weighted by atomic mass is 79.9. The van der Waals surface area contributed by atoms with Gasteiger partial charge >= 0.3 is 0 Å². The van der Waals surface area contributed by atoms with E-state index in [0.717, 1.165) is 0 Å². The van der Waals surface area contributed by atoms with Crippen molar-refractivity contribution in [2.75, 3.05) is 32.6 Å². The van der Waals surface area contributed by atoms with Crippen molar-refractivity contribution >= 4 is 56.6 Å². The fourth-order valence-corrected chi connectivity index (χ4v) is 3.26. The van der Waals surface area contributed by atoms with Gasteiger partial charge < -0.3 is 19.7 Å². The lowest BCUT2D eigenvalue weighted by atomic mass is 10.1. The quantitative estimate of drug-likeness (QED) is 0.602. The highest BCUT2D eigenvalue weighted by molar-refractivity contribution is 9.10. The number of ether oxygens (including phenoxy) is 2. The summed E-state index contributed by atoms with van der Waals surface area (Å²) in [6, 6.07) is 7.95. The summed E-state index contributed by atoms with van der Waals surface area (Å²) < 4.78 is 11.4. The van der Waals surface area contributed by atoms with E-state index in [1.165, 1.54) is 25.1 Å². The van der Waals surface area contributed by atoms with Crippen LogP contribution in [-0.4, -0.2) is 44.0 Å². The lowest BCUT2D eigenvalue weighted by molar-refractivity contribution is -0.116. The highest BCUT2D eigenvalue weighted by Gasteiger charge is 2.20. The molecule has 0 fully saturated rings. The summed E-state index contributed by atoms with van der Waals surface area (Å²) in [4.78, 5) is 26.3. The van der Waals surface area contributed by atoms with E-state index in [1.807, 2.05) is 6.92 Å². The van der Waals surface area contributed by atoms with Crippen LogP contribution in [0.4, 0.5) is 5.69 Å². The number of rotatable bonds is 7. The van der Waals surface area contributed by atoms with E-state index >= 15 is 0 Å². The molecule has 0 aliphatic rings. The Balaban J connectivity index is 2.10. The van der Waals surface area contributed by atoms with Crippen LogP contribution in [-0.2, 0) is 4.79 Å². The Hall–Kier alpha value is -1.96. The number of methoxy groups -OCH3 is 1. The Morgan fingerprint density at radius 2 is 1.89 bits per heavy atom. The molecule has 2 amide bonds. The van der Waals surface area contributed by atoms with Gasteiger partial charge in [-0.05, 0) is 53.2 Å². The molecule has 0 atom stereocenters. The Bertz CT molecular complexity index is 892. The molecule has 0 radical (unpaired) electrons. The lowest BCUT2D eigenvalue weighted by Gasteiger charge is -2.19. The van der Waals surface area contributed by atoms with Crippen LogP contribution in [0.2, 0.25) is 10.0 Å². The molecule has 9 heteroatoms. The molecule has 0 saturated heterocycles. The van der Waals surface area contributed by atoms with Crippen molar-refractivity contribution in [1.82, 2.24) is 4.90 Å². The second-order valence-electron chi connectivity index (χ2n) is 5.76. The van der Waals surface area contributed by atoms with Gasteiger partial charge in [0.15, 0.2) is 11.5 Å². The summed E-state index contributed by atoms with van der Waals surface area (Å²) in [5.41, 5.74) is 0.850. The molecule has 0 aliphatic heterocycles. The maximum absolute atomic E-state index is 12.7. The molecule has 150 valence electrons. The molecule has 1 N–H and O–H groups in total. The van der Waals surface area contributed by atoms with E-state index in [-0.39, 0.29) is 18.4 Å². The first kappa shape index (κ1) is 22.3. The molecule has 0 heterocycles. The summed E-state index contributed by atoms with van der Waals surface area (Å²) in [6.07, 6.45) is 0. The molecule has 28 heavy (non-hydrogen) atoms. The summed E-state index contributed by atoms with van der Waals surface area (Å²) >= 11 is 15.2. The van der Waals surface area contributed by atoms with Crippen molar-refractivity contribution in [3.05, 3.63) is 50.4 Å². The first-order chi connectivity index (χ1) is 13.3. The minimum Gasteiger partial charge on any atom is -0.493 e. The Labute approximate surface area is 181 Å². The number of anilines is 1. The molecule has 6 nitrogen and oxygen atoms in total. The first-order valence-corrected chi connectivity index (χ1v) is 9.82. The Morgan fingerprint density at radius 1 is 1.18 bits per heavy atom. The van der Waals surface area contributed by atoms with Crippen LogP contribution in [0, 0.1) is 0 Å². The van der Waals surface area contributed by atoms with E-state index in [9.17, 15) is 9.59 Å². The van der Waals surface area contributed by atoms with E-state index in [4.69, 9.17) is 32.7 Å². The number of carbonyl (C=O) groups is 2. The topological polar surface area (TPSA) is 67.9 Å². The predicted octanol–water partition coefficient (Wildman–Crippen LogP) is 4.87. The van der Waals surface area contributed by atoms with Gasteiger partial charge in [-0.25, -0.2) is 0 Å². The number of halogens is 3. The zero-order chi connectivity index (χ0) is 20.8. The van der Waals surface area contributed by atoms with Crippen LogP contribution in [0.1, 0.15) is 17.3 Å². The second-order valence-corrected chi connectivity index (χ2v) is 7.43. The van der Waals surface area contributed by atoms with Gasteiger partial charge in [-0.15, -0.1) is 0 Å². The van der Waals surface area contributed by atoms with Gasteiger partial charge in [0.05, 0.1) is 34.8 Å². The molecule has 0 spiro atoms. The fourth-order valence-electron chi connectivity index (χ4n) is 2.41. The number of amides is 2. The number of benzene rings is 2. The van der Waals surface area contributed by atoms with E-state index < -0.39 is 0 Å². The minimum atomic E-state index is -0.369. The maximum atomic E-state index is 12.7. The van der Waals surface area contributed by atoms with Crippen molar-refractivity contribution in [2.24, 2.45) is 0 Å². The van der Waals surface area contributed by atoms with E-state index in [1.54, 1.807) is 24.3 Å². The van der Waals surface area contributed by atoms with Gasteiger partial charge in [-0.2, -0.15) is 0 Å². The molecule has 0 unspecified atom stereocenters.